The van der Waals surface area contributed by atoms with Crippen molar-refractivity contribution in [3.8, 4) is 0 Å². The number of nitrogens with one attached hydrogen (secondary N) is 2. The Bertz CT molecular complexity index is 1080. The van der Waals surface area contributed by atoms with E-state index in [-0.39, 0.29) is 35.3 Å². The first-order valence-electron chi connectivity index (χ1n) is 10.4. The Morgan fingerprint density at radius 3 is 2.62 bits per heavy atom. The van der Waals surface area contributed by atoms with Gasteiger partial charge in [-0.1, -0.05) is 12.6 Å². The van der Waals surface area contributed by atoms with Crippen LogP contribution in [0, 0.1) is 5.92 Å². The van der Waals surface area contributed by atoms with Crippen molar-refractivity contribution in [3.05, 3.63) is 48.7 Å². The van der Waals surface area contributed by atoms with Crippen LogP contribution in [0.5, 0.6) is 0 Å². The third-order valence-electron chi connectivity index (χ3n) is 5.66. The van der Waals surface area contributed by atoms with Crippen LogP contribution in [0.25, 0.3) is 0 Å². The average molecular weight is 435 g/mol. The van der Waals surface area contributed by atoms with Crippen molar-refractivity contribution >= 4 is 40.6 Å². The number of aromatic nitrogens is 2. The third kappa shape index (κ3) is 4.53. The van der Waals surface area contributed by atoms with E-state index in [1.54, 1.807) is 11.0 Å². The molecule has 166 valence electrons. The van der Waals surface area contributed by atoms with Crippen LogP contribution in [0.3, 0.4) is 0 Å². The van der Waals surface area contributed by atoms with Crippen LogP contribution >= 0.6 is 0 Å². The van der Waals surface area contributed by atoms with Gasteiger partial charge < -0.3 is 26.2 Å². The Hall–Kier alpha value is -3.95. The van der Waals surface area contributed by atoms with E-state index in [0.717, 1.165) is 18.5 Å². The molecule has 3 amide bonds. The van der Waals surface area contributed by atoms with Crippen LogP contribution in [0.4, 0.5) is 22.9 Å². The minimum Gasteiger partial charge on any atom is -0.368 e. The number of amides is 3. The normalized spacial score (nSPS) is 15.5. The number of likely N-dealkylation sites (tertiary alicyclic amines) is 1. The summed E-state index contributed by atoms with van der Waals surface area (Å²) in [6, 6.07) is 9.36. The van der Waals surface area contributed by atoms with Crippen LogP contribution in [0.1, 0.15) is 23.3 Å². The second-order valence-electron chi connectivity index (χ2n) is 8.01. The fraction of sp³-hybridized carbons (Fsp3) is 0.318. The Balaban J connectivity index is 1.50. The zero-order valence-electron chi connectivity index (χ0n) is 17.7. The first-order chi connectivity index (χ1) is 15.4. The second-order valence-corrected chi connectivity index (χ2v) is 8.01. The number of likely N-dealkylation sites (N-methyl/N-ethyl adjacent to an activating group) is 1. The van der Waals surface area contributed by atoms with Gasteiger partial charge in [-0.15, -0.1) is 10.2 Å². The van der Waals surface area contributed by atoms with Gasteiger partial charge in [0.1, 0.15) is 0 Å². The lowest BCUT2D eigenvalue weighted by atomic mass is 10.1. The molecule has 2 fully saturated rings. The van der Waals surface area contributed by atoms with Crippen molar-refractivity contribution in [3.63, 3.8) is 0 Å². The molecular formula is C22H25N7O3. The maximum atomic E-state index is 12.0. The van der Waals surface area contributed by atoms with Gasteiger partial charge in [0.05, 0.1) is 11.7 Å². The quantitative estimate of drug-likeness (QED) is 0.535. The van der Waals surface area contributed by atoms with E-state index in [2.05, 4.69) is 32.3 Å². The molecule has 0 radical (unpaired) electrons. The molecule has 1 saturated heterocycles. The molecule has 1 aromatic heterocycles. The zero-order chi connectivity index (χ0) is 22.8. The van der Waals surface area contributed by atoms with Crippen LogP contribution < -0.4 is 21.3 Å². The summed E-state index contributed by atoms with van der Waals surface area (Å²) in [7, 11) is 1.97. The third-order valence-corrected chi connectivity index (χ3v) is 5.66. The van der Waals surface area contributed by atoms with Crippen LogP contribution in [0.2, 0.25) is 0 Å². The van der Waals surface area contributed by atoms with E-state index >= 15 is 0 Å². The number of carbonyl (C=O) groups excluding carboxylic acids is 3. The fourth-order valence-corrected chi connectivity index (χ4v) is 3.48. The van der Waals surface area contributed by atoms with Gasteiger partial charge in [0, 0.05) is 43.5 Å². The molecule has 1 aromatic carbocycles. The van der Waals surface area contributed by atoms with Gasteiger partial charge in [0.2, 0.25) is 11.8 Å². The van der Waals surface area contributed by atoms with Crippen molar-refractivity contribution in [1.82, 2.24) is 15.1 Å². The van der Waals surface area contributed by atoms with Crippen molar-refractivity contribution in [1.29, 1.82) is 0 Å². The summed E-state index contributed by atoms with van der Waals surface area (Å²) in [5.74, 6) is -0.636. The molecule has 32 heavy (non-hydrogen) atoms. The number of primary amides is 1. The van der Waals surface area contributed by atoms with Gasteiger partial charge in [-0.05, 0) is 37.1 Å². The van der Waals surface area contributed by atoms with Crippen molar-refractivity contribution in [2.24, 2.45) is 11.7 Å². The smallest absolute Gasteiger partial charge is 0.271 e. The Morgan fingerprint density at radius 2 is 1.97 bits per heavy atom. The first kappa shape index (κ1) is 21.3. The molecule has 0 bridgehead atoms. The number of hydrogen-bond acceptors (Lipinski definition) is 7. The minimum atomic E-state index is -0.727. The largest absolute Gasteiger partial charge is 0.368 e. The molecule has 2 aromatic rings. The van der Waals surface area contributed by atoms with E-state index in [0.29, 0.717) is 24.5 Å². The minimum absolute atomic E-state index is 0.0143. The summed E-state index contributed by atoms with van der Waals surface area (Å²) in [6.45, 7) is 4.77. The molecule has 2 aliphatic rings. The predicted octanol–water partition coefficient (Wildman–Crippen LogP) is 1.50. The molecule has 1 aliphatic heterocycles. The van der Waals surface area contributed by atoms with E-state index in [9.17, 15) is 14.4 Å². The SMILES string of the molecule is C=CC(=O)N1CC(N(C)c2cccc(Nc3cc(NC(=O)C4CC4)nnc3C(N)=O)c2)C1. The van der Waals surface area contributed by atoms with Gasteiger partial charge in [-0.25, -0.2) is 0 Å². The average Bonchev–Trinajstić information content (AvgIpc) is 3.58. The highest BCUT2D eigenvalue weighted by Crippen LogP contribution is 2.31. The first-order valence-corrected chi connectivity index (χ1v) is 10.4. The Kier molecular flexibility index (Phi) is 5.76. The molecule has 1 saturated carbocycles. The molecule has 10 nitrogen and oxygen atoms in total. The van der Waals surface area contributed by atoms with Gasteiger partial charge in [0.15, 0.2) is 11.5 Å². The van der Waals surface area contributed by atoms with Crippen LogP contribution in [-0.2, 0) is 9.59 Å². The molecule has 0 unspecified atom stereocenters. The van der Waals surface area contributed by atoms with E-state index in [1.165, 1.54) is 6.08 Å². The number of nitrogens with two attached hydrogens (primary N) is 1. The topological polar surface area (TPSA) is 134 Å². The highest BCUT2D eigenvalue weighted by molar-refractivity contribution is 5.99. The van der Waals surface area contributed by atoms with Crippen LogP contribution in [0.15, 0.2) is 43.0 Å². The van der Waals surface area contributed by atoms with E-state index < -0.39 is 5.91 Å². The number of nitrogens with zero attached hydrogens (tertiary/aromatic N) is 4. The lowest BCUT2D eigenvalue weighted by Crippen LogP contribution is -2.60. The molecule has 10 heteroatoms. The molecule has 1 aliphatic carbocycles. The standard InChI is InChI=1S/C22H25N7O3/c1-3-19(30)29-11-16(12-29)28(2)15-6-4-5-14(9-15)24-17-10-18(25-22(32)13-7-8-13)26-27-20(17)21(23)31/h3-6,9-10,13,16H,1,7-8,11-12H2,2H3,(H2,23,31)(H2,24,25,26,32). The molecule has 4 rings (SSSR count). The number of hydrogen-bond donors (Lipinski definition) is 3. The maximum absolute atomic E-state index is 12.0. The highest BCUT2D eigenvalue weighted by Gasteiger charge is 2.32. The fourth-order valence-electron chi connectivity index (χ4n) is 3.48. The number of rotatable bonds is 8. The molecular weight excluding hydrogens is 410 g/mol. The highest BCUT2D eigenvalue weighted by atomic mass is 16.2. The van der Waals surface area contributed by atoms with Crippen molar-refractivity contribution in [2.45, 2.75) is 18.9 Å². The summed E-state index contributed by atoms with van der Waals surface area (Å²) < 4.78 is 0. The van der Waals surface area contributed by atoms with Crippen LogP contribution in [-0.4, -0.2) is 59.0 Å². The van der Waals surface area contributed by atoms with Gasteiger partial charge in [-0.2, -0.15) is 0 Å². The van der Waals surface area contributed by atoms with Crippen molar-refractivity contribution < 1.29 is 14.4 Å². The molecule has 0 atom stereocenters. The van der Waals surface area contributed by atoms with Crippen molar-refractivity contribution in [2.75, 3.05) is 35.7 Å². The zero-order valence-corrected chi connectivity index (χ0v) is 17.7. The summed E-state index contributed by atoms with van der Waals surface area (Å²) in [4.78, 5) is 39.4. The van der Waals surface area contributed by atoms with Gasteiger partial charge in [-0.3, -0.25) is 14.4 Å². The molecule has 0 spiro atoms. The van der Waals surface area contributed by atoms with E-state index in [4.69, 9.17) is 5.73 Å². The lowest BCUT2D eigenvalue weighted by molar-refractivity contribution is -0.130. The summed E-state index contributed by atoms with van der Waals surface area (Å²) in [6.07, 6.45) is 3.05. The Morgan fingerprint density at radius 1 is 1.22 bits per heavy atom. The maximum Gasteiger partial charge on any atom is 0.271 e. The summed E-state index contributed by atoms with van der Waals surface area (Å²) >= 11 is 0. The summed E-state index contributed by atoms with van der Waals surface area (Å²) in [5.41, 5.74) is 7.43. The van der Waals surface area contributed by atoms with Gasteiger partial charge in [0.25, 0.3) is 5.91 Å². The number of carbonyl (C=O) groups is 3. The van der Waals surface area contributed by atoms with Gasteiger partial charge >= 0.3 is 0 Å². The Labute approximate surface area is 185 Å². The predicted molar refractivity (Wildman–Crippen MR) is 121 cm³/mol. The number of benzene rings is 1. The number of anilines is 4. The molecule has 2 heterocycles. The second kappa shape index (κ2) is 8.66. The lowest BCUT2D eigenvalue weighted by Gasteiger charge is -2.44. The monoisotopic (exact) mass is 435 g/mol. The molecule has 4 N–H and O–H groups in total. The van der Waals surface area contributed by atoms with E-state index in [1.807, 2.05) is 31.3 Å². The summed E-state index contributed by atoms with van der Waals surface area (Å²) in [5, 5.41) is 13.7.